The number of hydrogen-bond acceptors (Lipinski definition) is 4. The molecule has 0 saturated carbocycles. The minimum absolute atomic E-state index is 0.487. The van der Waals surface area contributed by atoms with Crippen LogP contribution in [0.2, 0.25) is 0 Å². The minimum Gasteiger partial charge on any atom is -0.385 e. The fourth-order valence-corrected chi connectivity index (χ4v) is 2.74. The van der Waals surface area contributed by atoms with Crippen molar-refractivity contribution < 1.29 is 4.74 Å². The molecule has 0 saturated heterocycles. The van der Waals surface area contributed by atoms with Gasteiger partial charge in [-0.1, -0.05) is 6.07 Å². The average Bonchev–Trinajstić information content (AvgIpc) is 2.90. The lowest BCUT2D eigenvalue weighted by atomic mass is 10.2. The van der Waals surface area contributed by atoms with Gasteiger partial charge in [0.25, 0.3) is 0 Å². The van der Waals surface area contributed by atoms with Crippen LogP contribution in [0.25, 0.3) is 0 Å². The van der Waals surface area contributed by atoms with Crippen molar-refractivity contribution in [2.45, 2.75) is 32.4 Å². The van der Waals surface area contributed by atoms with Gasteiger partial charge in [0.1, 0.15) is 0 Å². The highest BCUT2D eigenvalue weighted by Gasteiger charge is 2.17. The third-order valence-corrected chi connectivity index (χ3v) is 4.45. The molecule has 4 heteroatoms. The van der Waals surface area contributed by atoms with Gasteiger partial charge in [-0.15, -0.1) is 11.3 Å². The van der Waals surface area contributed by atoms with Crippen molar-refractivity contribution in [3.8, 4) is 0 Å². The monoisotopic (exact) mass is 270 g/mol. The van der Waals surface area contributed by atoms with Crippen LogP contribution in [0.4, 0.5) is 0 Å². The lowest BCUT2D eigenvalue weighted by Gasteiger charge is -2.30. The summed E-state index contributed by atoms with van der Waals surface area (Å²) in [6.07, 6.45) is 1.08. The molecule has 1 heterocycles. The van der Waals surface area contributed by atoms with E-state index in [9.17, 15) is 0 Å². The predicted octanol–water partition coefficient (Wildman–Crippen LogP) is 2.76. The maximum atomic E-state index is 5.03. The molecule has 0 radical (unpaired) electrons. The molecule has 0 aliphatic carbocycles. The first-order valence-electron chi connectivity index (χ1n) is 6.61. The number of hydrogen-bond donors (Lipinski definition) is 1. The molecule has 1 aromatic rings. The van der Waals surface area contributed by atoms with Crippen LogP contribution in [-0.2, 0) is 4.74 Å². The summed E-state index contributed by atoms with van der Waals surface area (Å²) in [7, 11) is 3.95. The van der Waals surface area contributed by atoms with Gasteiger partial charge in [-0.25, -0.2) is 0 Å². The highest BCUT2D eigenvalue weighted by atomic mass is 32.1. The van der Waals surface area contributed by atoms with Crippen molar-refractivity contribution in [2.24, 2.45) is 0 Å². The Hall–Kier alpha value is -0.420. The Labute approximate surface area is 115 Å². The molecular formula is C14H26N2OS. The largest absolute Gasteiger partial charge is 0.385 e. The van der Waals surface area contributed by atoms with Crippen molar-refractivity contribution >= 4 is 11.3 Å². The second-order valence-electron chi connectivity index (χ2n) is 4.76. The van der Waals surface area contributed by atoms with Crippen molar-refractivity contribution in [2.75, 3.05) is 33.9 Å². The predicted molar refractivity (Wildman–Crippen MR) is 79.3 cm³/mol. The van der Waals surface area contributed by atoms with E-state index >= 15 is 0 Å². The summed E-state index contributed by atoms with van der Waals surface area (Å²) >= 11 is 1.83. The lowest BCUT2D eigenvalue weighted by Crippen LogP contribution is -2.39. The number of thiophene rings is 1. The molecule has 1 rings (SSSR count). The first-order chi connectivity index (χ1) is 8.66. The van der Waals surface area contributed by atoms with Crippen molar-refractivity contribution in [1.82, 2.24) is 10.2 Å². The van der Waals surface area contributed by atoms with Crippen molar-refractivity contribution in [3.05, 3.63) is 22.4 Å². The molecule has 0 aliphatic rings. The summed E-state index contributed by atoms with van der Waals surface area (Å²) < 4.78 is 5.03. The summed E-state index contributed by atoms with van der Waals surface area (Å²) in [6, 6.07) is 5.35. The van der Waals surface area contributed by atoms with E-state index < -0.39 is 0 Å². The van der Waals surface area contributed by atoms with Gasteiger partial charge in [0, 0.05) is 37.2 Å². The molecule has 0 amide bonds. The zero-order chi connectivity index (χ0) is 13.4. The molecule has 104 valence electrons. The maximum Gasteiger partial charge on any atom is 0.0474 e. The SMILES string of the molecule is COCCCNCC(C)N(C)C(C)c1cccs1. The van der Waals surface area contributed by atoms with Gasteiger partial charge >= 0.3 is 0 Å². The molecule has 18 heavy (non-hydrogen) atoms. The Morgan fingerprint density at radius 1 is 1.44 bits per heavy atom. The van der Waals surface area contributed by atoms with Gasteiger partial charge in [0.05, 0.1) is 0 Å². The minimum atomic E-state index is 0.487. The van der Waals surface area contributed by atoms with E-state index in [0.29, 0.717) is 12.1 Å². The van der Waals surface area contributed by atoms with Gasteiger partial charge in [-0.05, 0) is 45.3 Å². The Bertz CT molecular complexity index is 303. The van der Waals surface area contributed by atoms with Crippen LogP contribution in [-0.4, -0.2) is 44.8 Å². The summed E-state index contributed by atoms with van der Waals surface area (Å²) in [5.74, 6) is 0. The van der Waals surface area contributed by atoms with Crippen molar-refractivity contribution in [1.29, 1.82) is 0 Å². The fourth-order valence-electron chi connectivity index (χ4n) is 1.91. The Morgan fingerprint density at radius 3 is 2.83 bits per heavy atom. The number of rotatable bonds is 9. The second kappa shape index (κ2) is 8.64. The first-order valence-corrected chi connectivity index (χ1v) is 7.49. The smallest absolute Gasteiger partial charge is 0.0474 e. The van der Waals surface area contributed by atoms with Gasteiger partial charge < -0.3 is 10.1 Å². The van der Waals surface area contributed by atoms with Crippen LogP contribution < -0.4 is 5.32 Å². The van der Waals surface area contributed by atoms with Crippen LogP contribution in [0.3, 0.4) is 0 Å². The molecule has 2 unspecified atom stereocenters. The number of nitrogens with one attached hydrogen (secondary N) is 1. The van der Waals surface area contributed by atoms with Crippen LogP contribution in [0, 0.1) is 0 Å². The molecule has 0 aliphatic heterocycles. The molecule has 3 nitrogen and oxygen atoms in total. The van der Waals surface area contributed by atoms with Crippen LogP contribution in [0.1, 0.15) is 31.2 Å². The third-order valence-electron chi connectivity index (χ3n) is 3.40. The van der Waals surface area contributed by atoms with E-state index in [1.54, 1.807) is 7.11 Å². The normalized spacial score (nSPS) is 14.9. The lowest BCUT2D eigenvalue weighted by molar-refractivity contribution is 0.183. The van der Waals surface area contributed by atoms with Gasteiger partial charge in [-0.3, -0.25) is 4.90 Å². The molecule has 0 aromatic carbocycles. The molecule has 0 fully saturated rings. The first kappa shape index (κ1) is 15.6. The van der Waals surface area contributed by atoms with Crippen LogP contribution >= 0.6 is 11.3 Å². The van der Waals surface area contributed by atoms with Gasteiger partial charge in [0.15, 0.2) is 0 Å². The van der Waals surface area contributed by atoms with E-state index in [-0.39, 0.29) is 0 Å². The second-order valence-corrected chi connectivity index (χ2v) is 5.74. The molecule has 2 atom stereocenters. The third kappa shape index (κ3) is 5.06. The summed E-state index contributed by atoms with van der Waals surface area (Å²) in [6.45, 7) is 7.43. The van der Waals surface area contributed by atoms with Crippen molar-refractivity contribution in [3.63, 3.8) is 0 Å². The molecule has 0 spiro atoms. The van der Waals surface area contributed by atoms with E-state index in [2.05, 4.69) is 48.6 Å². The van der Waals surface area contributed by atoms with E-state index in [1.807, 2.05) is 11.3 Å². The van der Waals surface area contributed by atoms with Crippen LogP contribution in [0.15, 0.2) is 17.5 Å². The number of likely N-dealkylation sites (N-methyl/N-ethyl adjacent to an activating group) is 1. The summed E-state index contributed by atoms with van der Waals surface area (Å²) in [5.41, 5.74) is 0. The topological polar surface area (TPSA) is 24.5 Å². The average molecular weight is 270 g/mol. The Kier molecular flexibility index (Phi) is 7.51. The number of ether oxygens (including phenoxy) is 1. The standard InChI is InChI=1S/C14H26N2OS/c1-12(11-15-8-6-9-17-4)16(3)13(2)14-7-5-10-18-14/h5,7,10,12-13,15H,6,8-9,11H2,1-4H3. The zero-order valence-corrected chi connectivity index (χ0v) is 12.8. The number of nitrogens with zero attached hydrogens (tertiary/aromatic N) is 1. The van der Waals surface area contributed by atoms with Gasteiger partial charge in [0.2, 0.25) is 0 Å². The quantitative estimate of drug-likeness (QED) is 0.698. The maximum absolute atomic E-state index is 5.03. The zero-order valence-electron chi connectivity index (χ0n) is 12.0. The number of methoxy groups -OCH3 is 1. The highest BCUT2D eigenvalue weighted by molar-refractivity contribution is 7.10. The highest BCUT2D eigenvalue weighted by Crippen LogP contribution is 2.24. The molecule has 0 bridgehead atoms. The summed E-state index contributed by atoms with van der Waals surface area (Å²) in [4.78, 5) is 3.86. The van der Waals surface area contributed by atoms with Crippen LogP contribution in [0.5, 0.6) is 0 Å². The van der Waals surface area contributed by atoms with E-state index in [1.165, 1.54) is 4.88 Å². The fraction of sp³-hybridized carbons (Fsp3) is 0.714. The molecule has 1 aromatic heterocycles. The van der Waals surface area contributed by atoms with Gasteiger partial charge in [-0.2, -0.15) is 0 Å². The summed E-state index contributed by atoms with van der Waals surface area (Å²) in [5, 5.41) is 5.63. The molecular weight excluding hydrogens is 244 g/mol. The van der Waals surface area contributed by atoms with E-state index in [0.717, 1.165) is 26.1 Å². The van der Waals surface area contributed by atoms with E-state index in [4.69, 9.17) is 4.74 Å². The Morgan fingerprint density at radius 2 is 2.22 bits per heavy atom. The molecule has 1 N–H and O–H groups in total. The Balaban J connectivity index is 2.26.